The standard InChI is InChI=1S/C21H30N4O2.HI/c1-4-16(5-2)14-23-21(22-6-3)24-15-17-9-11-18(12-10-17)25-20(26)19-8-7-13-27-19;/h7-13,16H,4-6,14-15H2,1-3H3,(H,25,26)(H2,22,23,24);1H. The lowest BCUT2D eigenvalue weighted by Gasteiger charge is -2.16. The summed E-state index contributed by atoms with van der Waals surface area (Å²) < 4.78 is 5.09. The topological polar surface area (TPSA) is 78.7 Å². The zero-order valence-corrected chi connectivity index (χ0v) is 19.2. The predicted molar refractivity (Wildman–Crippen MR) is 125 cm³/mol. The van der Waals surface area contributed by atoms with Gasteiger partial charge in [0.25, 0.3) is 5.91 Å². The minimum atomic E-state index is -0.259. The number of anilines is 1. The van der Waals surface area contributed by atoms with Gasteiger partial charge >= 0.3 is 0 Å². The zero-order valence-electron chi connectivity index (χ0n) is 16.8. The summed E-state index contributed by atoms with van der Waals surface area (Å²) >= 11 is 0. The summed E-state index contributed by atoms with van der Waals surface area (Å²) in [5, 5.41) is 9.51. The molecule has 0 saturated carbocycles. The second-order valence-electron chi connectivity index (χ2n) is 6.39. The maximum absolute atomic E-state index is 12.0. The Morgan fingerprint density at radius 2 is 1.79 bits per heavy atom. The van der Waals surface area contributed by atoms with E-state index in [1.54, 1.807) is 12.1 Å². The molecule has 0 aliphatic rings. The monoisotopic (exact) mass is 498 g/mol. The van der Waals surface area contributed by atoms with Crippen LogP contribution in [0, 0.1) is 5.92 Å². The molecular formula is C21H31IN4O2. The van der Waals surface area contributed by atoms with Gasteiger partial charge in [0.05, 0.1) is 12.8 Å². The minimum absolute atomic E-state index is 0. The maximum Gasteiger partial charge on any atom is 0.291 e. The van der Waals surface area contributed by atoms with Gasteiger partial charge in [0.15, 0.2) is 11.7 Å². The Kier molecular flexibility index (Phi) is 11.3. The summed E-state index contributed by atoms with van der Waals surface area (Å²) in [6.45, 7) is 8.82. The van der Waals surface area contributed by atoms with Crippen molar-refractivity contribution < 1.29 is 9.21 Å². The summed E-state index contributed by atoms with van der Waals surface area (Å²) in [4.78, 5) is 16.6. The van der Waals surface area contributed by atoms with Gasteiger partial charge in [-0.25, -0.2) is 4.99 Å². The van der Waals surface area contributed by atoms with E-state index in [0.717, 1.165) is 43.1 Å². The number of nitrogens with zero attached hydrogens (tertiary/aromatic N) is 1. The first-order chi connectivity index (χ1) is 13.2. The summed E-state index contributed by atoms with van der Waals surface area (Å²) in [7, 11) is 0. The Bertz CT molecular complexity index is 711. The average Bonchev–Trinajstić information content (AvgIpc) is 3.23. The molecule has 0 spiro atoms. The third-order valence-corrected chi connectivity index (χ3v) is 4.43. The first-order valence-electron chi connectivity index (χ1n) is 9.62. The maximum atomic E-state index is 12.0. The third-order valence-electron chi connectivity index (χ3n) is 4.43. The van der Waals surface area contributed by atoms with Crippen molar-refractivity contribution in [3.8, 4) is 0 Å². The van der Waals surface area contributed by atoms with Crippen LogP contribution >= 0.6 is 24.0 Å². The van der Waals surface area contributed by atoms with Gasteiger partial charge in [-0.1, -0.05) is 38.8 Å². The van der Waals surface area contributed by atoms with Crippen LogP contribution in [0.4, 0.5) is 5.69 Å². The van der Waals surface area contributed by atoms with Crippen LogP contribution in [0.5, 0.6) is 0 Å². The highest BCUT2D eigenvalue weighted by Crippen LogP contribution is 2.12. The second-order valence-corrected chi connectivity index (χ2v) is 6.39. The fourth-order valence-electron chi connectivity index (χ4n) is 2.62. The highest BCUT2D eigenvalue weighted by molar-refractivity contribution is 14.0. The molecule has 0 bridgehead atoms. The lowest BCUT2D eigenvalue weighted by molar-refractivity contribution is 0.0996. The number of furan rings is 1. The molecule has 2 aromatic rings. The Balaban J connectivity index is 0.00000392. The number of nitrogens with one attached hydrogen (secondary N) is 3. The molecule has 0 unspecified atom stereocenters. The molecule has 0 radical (unpaired) electrons. The first kappa shape index (κ1) is 24.0. The van der Waals surface area contributed by atoms with E-state index in [9.17, 15) is 4.79 Å². The Morgan fingerprint density at radius 1 is 1.07 bits per heavy atom. The molecule has 1 aromatic carbocycles. The highest BCUT2D eigenvalue weighted by atomic mass is 127. The van der Waals surface area contributed by atoms with E-state index in [4.69, 9.17) is 4.42 Å². The number of benzene rings is 1. The molecule has 3 N–H and O–H groups in total. The van der Waals surface area contributed by atoms with Crippen LogP contribution in [0.3, 0.4) is 0 Å². The molecule has 1 aromatic heterocycles. The number of aliphatic imine (C=N–C) groups is 1. The second kappa shape index (κ2) is 13.2. The van der Waals surface area contributed by atoms with Gasteiger partial charge < -0.3 is 20.4 Å². The van der Waals surface area contributed by atoms with Gasteiger partial charge in [-0.05, 0) is 42.7 Å². The van der Waals surface area contributed by atoms with Crippen LogP contribution in [0.15, 0.2) is 52.1 Å². The van der Waals surface area contributed by atoms with E-state index in [-0.39, 0.29) is 29.9 Å². The smallest absolute Gasteiger partial charge is 0.291 e. The van der Waals surface area contributed by atoms with Crippen molar-refractivity contribution in [3.05, 3.63) is 54.0 Å². The number of hydrogen-bond donors (Lipinski definition) is 3. The lowest BCUT2D eigenvalue weighted by atomic mass is 10.0. The first-order valence-corrected chi connectivity index (χ1v) is 9.62. The van der Waals surface area contributed by atoms with E-state index in [1.165, 1.54) is 6.26 Å². The third kappa shape index (κ3) is 7.92. The van der Waals surface area contributed by atoms with Gasteiger partial charge in [-0.2, -0.15) is 0 Å². The molecule has 0 fully saturated rings. The number of rotatable bonds is 9. The quantitative estimate of drug-likeness (QED) is 0.268. The van der Waals surface area contributed by atoms with Gasteiger partial charge in [-0.15, -0.1) is 24.0 Å². The van der Waals surface area contributed by atoms with E-state index < -0.39 is 0 Å². The molecule has 1 heterocycles. The van der Waals surface area contributed by atoms with Crippen LogP contribution < -0.4 is 16.0 Å². The number of amides is 1. The molecule has 1 amide bonds. The number of carbonyl (C=O) groups is 1. The molecule has 154 valence electrons. The molecule has 0 aliphatic heterocycles. The normalized spacial score (nSPS) is 11.1. The Morgan fingerprint density at radius 3 is 2.36 bits per heavy atom. The molecular weight excluding hydrogens is 467 g/mol. The summed E-state index contributed by atoms with van der Waals surface area (Å²) in [5.74, 6) is 1.53. The zero-order chi connectivity index (χ0) is 19.5. The number of guanidine groups is 1. The molecule has 7 heteroatoms. The predicted octanol–water partition coefficient (Wildman–Crippen LogP) is 4.64. The molecule has 6 nitrogen and oxygen atoms in total. The van der Waals surface area contributed by atoms with E-state index in [1.807, 2.05) is 24.3 Å². The molecule has 0 atom stereocenters. The number of hydrogen-bond acceptors (Lipinski definition) is 3. The van der Waals surface area contributed by atoms with Crippen molar-refractivity contribution >= 4 is 41.5 Å². The van der Waals surface area contributed by atoms with E-state index in [2.05, 4.69) is 41.7 Å². The number of halogens is 1. The molecule has 0 aliphatic carbocycles. The average molecular weight is 498 g/mol. The summed E-state index contributed by atoms with van der Waals surface area (Å²) in [6, 6.07) is 11.0. The van der Waals surface area contributed by atoms with Crippen molar-refractivity contribution in [2.75, 3.05) is 18.4 Å². The summed E-state index contributed by atoms with van der Waals surface area (Å²) in [5.41, 5.74) is 1.80. The van der Waals surface area contributed by atoms with Gasteiger partial charge in [0.2, 0.25) is 0 Å². The van der Waals surface area contributed by atoms with Gasteiger partial charge in [0, 0.05) is 18.8 Å². The number of carbonyl (C=O) groups excluding carboxylic acids is 1. The van der Waals surface area contributed by atoms with E-state index >= 15 is 0 Å². The molecule has 2 rings (SSSR count). The fourth-order valence-corrected chi connectivity index (χ4v) is 2.62. The highest BCUT2D eigenvalue weighted by Gasteiger charge is 2.08. The Labute approximate surface area is 184 Å². The van der Waals surface area contributed by atoms with Crippen LogP contribution in [-0.4, -0.2) is 25.0 Å². The van der Waals surface area contributed by atoms with Crippen molar-refractivity contribution in [2.24, 2.45) is 10.9 Å². The van der Waals surface area contributed by atoms with Crippen LogP contribution in [-0.2, 0) is 6.54 Å². The molecule has 28 heavy (non-hydrogen) atoms. The van der Waals surface area contributed by atoms with Crippen LogP contribution in [0.25, 0.3) is 0 Å². The van der Waals surface area contributed by atoms with Crippen molar-refractivity contribution in [1.29, 1.82) is 0 Å². The van der Waals surface area contributed by atoms with Gasteiger partial charge in [0.1, 0.15) is 0 Å². The SMILES string of the molecule is CCNC(=NCc1ccc(NC(=O)c2ccco2)cc1)NCC(CC)CC.I. The Hall–Kier alpha value is -2.03. The van der Waals surface area contributed by atoms with Crippen LogP contribution in [0.1, 0.15) is 49.7 Å². The van der Waals surface area contributed by atoms with Crippen molar-refractivity contribution in [1.82, 2.24) is 10.6 Å². The largest absolute Gasteiger partial charge is 0.459 e. The fraction of sp³-hybridized carbons (Fsp3) is 0.429. The minimum Gasteiger partial charge on any atom is -0.459 e. The lowest BCUT2D eigenvalue weighted by Crippen LogP contribution is -2.39. The van der Waals surface area contributed by atoms with Crippen molar-refractivity contribution in [2.45, 2.75) is 40.2 Å². The van der Waals surface area contributed by atoms with Crippen LogP contribution in [0.2, 0.25) is 0 Å². The molecule has 0 saturated heterocycles. The van der Waals surface area contributed by atoms with E-state index in [0.29, 0.717) is 18.2 Å². The summed E-state index contributed by atoms with van der Waals surface area (Å²) in [6.07, 6.45) is 3.80. The van der Waals surface area contributed by atoms with Gasteiger partial charge in [-0.3, -0.25) is 4.79 Å². The van der Waals surface area contributed by atoms with Crippen molar-refractivity contribution in [3.63, 3.8) is 0 Å².